The minimum absolute atomic E-state index is 0.0124. The molecule has 0 radical (unpaired) electrons. The molecule has 7 heteroatoms. The van der Waals surface area contributed by atoms with E-state index in [0.717, 1.165) is 30.2 Å². The van der Waals surface area contributed by atoms with Crippen LogP contribution in [0, 0.1) is 0 Å². The Morgan fingerprint density at radius 2 is 1.47 bits per heavy atom. The number of piperazine rings is 1. The second-order valence-electron chi connectivity index (χ2n) is 9.32. The van der Waals surface area contributed by atoms with Crippen molar-refractivity contribution in [1.29, 1.82) is 0 Å². The number of methoxy groups -OCH3 is 2. The average Bonchev–Trinajstić information content (AvgIpc) is 3.44. The molecule has 2 saturated heterocycles. The van der Waals surface area contributed by atoms with Gasteiger partial charge in [0.2, 0.25) is 5.91 Å². The molecule has 2 aliphatic heterocycles. The molecule has 0 aromatic heterocycles. The molecular formula is C29H34N4O3. The van der Waals surface area contributed by atoms with E-state index in [1.807, 2.05) is 23.1 Å². The summed E-state index contributed by atoms with van der Waals surface area (Å²) in [5.41, 5.74) is 10.1. The van der Waals surface area contributed by atoms with Gasteiger partial charge in [-0.1, -0.05) is 66.7 Å². The maximum atomic E-state index is 13.4. The van der Waals surface area contributed by atoms with E-state index in [1.165, 1.54) is 11.1 Å². The second-order valence-corrected chi connectivity index (χ2v) is 9.32. The number of hydrazine groups is 1. The smallest absolute Gasteiger partial charge is 0.241 e. The molecule has 2 aliphatic rings. The Labute approximate surface area is 213 Å². The highest BCUT2D eigenvalue weighted by Crippen LogP contribution is 2.34. The monoisotopic (exact) mass is 486 g/mol. The fourth-order valence-corrected chi connectivity index (χ4v) is 5.33. The van der Waals surface area contributed by atoms with Crippen molar-refractivity contribution >= 4 is 5.91 Å². The zero-order valence-electron chi connectivity index (χ0n) is 20.9. The van der Waals surface area contributed by atoms with Crippen molar-refractivity contribution in [2.75, 3.05) is 40.4 Å². The van der Waals surface area contributed by atoms with Gasteiger partial charge in [0, 0.05) is 37.8 Å². The molecule has 3 aromatic carbocycles. The quantitative estimate of drug-likeness (QED) is 0.533. The molecular weight excluding hydrogens is 452 g/mol. The number of carbonyl (C=O) groups excluding carboxylic acids is 1. The van der Waals surface area contributed by atoms with Gasteiger partial charge in [0.25, 0.3) is 0 Å². The molecule has 2 unspecified atom stereocenters. The summed E-state index contributed by atoms with van der Waals surface area (Å²) >= 11 is 0. The number of hydrogen-bond acceptors (Lipinski definition) is 6. The van der Waals surface area contributed by atoms with Crippen LogP contribution in [-0.4, -0.2) is 62.1 Å². The number of nitrogens with zero attached hydrogens (tertiary/aromatic N) is 2. The third-order valence-corrected chi connectivity index (χ3v) is 7.24. The minimum atomic E-state index is -0.271. The minimum Gasteiger partial charge on any atom is -0.497 e. The molecule has 188 valence electrons. The van der Waals surface area contributed by atoms with Gasteiger partial charge in [-0.25, -0.2) is 10.9 Å². The molecule has 1 amide bonds. The Morgan fingerprint density at radius 1 is 0.833 bits per heavy atom. The average molecular weight is 487 g/mol. The number of ether oxygens (including phenoxy) is 2. The lowest BCUT2D eigenvalue weighted by Gasteiger charge is -2.40. The van der Waals surface area contributed by atoms with Crippen LogP contribution in [-0.2, 0) is 4.79 Å². The van der Waals surface area contributed by atoms with Crippen molar-refractivity contribution < 1.29 is 14.3 Å². The Bertz CT molecular complexity index is 1110. The summed E-state index contributed by atoms with van der Waals surface area (Å²) in [4.78, 5) is 17.9. The molecule has 2 fully saturated rings. The molecule has 7 nitrogen and oxygen atoms in total. The fourth-order valence-electron chi connectivity index (χ4n) is 5.33. The van der Waals surface area contributed by atoms with Crippen molar-refractivity contribution in [3.8, 4) is 11.5 Å². The lowest BCUT2D eigenvalue weighted by Crippen LogP contribution is -2.54. The van der Waals surface area contributed by atoms with E-state index in [-0.39, 0.29) is 24.0 Å². The summed E-state index contributed by atoms with van der Waals surface area (Å²) in [6.45, 7) is 3.08. The first-order valence-electron chi connectivity index (χ1n) is 12.5. The third-order valence-electron chi connectivity index (χ3n) is 7.24. The van der Waals surface area contributed by atoms with Crippen molar-refractivity contribution in [2.45, 2.75) is 24.5 Å². The SMILES string of the molecule is COc1ccc(C2CC(C(=O)N3CCN(C(c4ccccc4)c4ccccc4)CC3)NN2)c(OC)c1. The predicted octanol–water partition coefficient (Wildman–Crippen LogP) is 3.55. The summed E-state index contributed by atoms with van der Waals surface area (Å²) in [6.07, 6.45) is 0.665. The van der Waals surface area contributed by atoms with Crippen LogP contribution in [0.5, 0.6) is 11.5 Å². The van der Waals surface area contributed by atoms with Crippen LogP contribution >= 0.6 is 0 Å². The lowest BCUT2D eigenvalue weighted by molar-refractivity contribution is -0.135. The van der Waals surface area contributed by atoms with Crippen LogP contribution in [0.3, 0.4) is 0 Å². The largest absolute Gasteiger partial charge is 0.497 e. The van der Waals surface area contributed by atoms with Crippen LogP contribution in [0.25, 0.3) is 0 Å². The van der Waals surface area contributed by atoms with Gasteiger partial charge in [-0.3, -0.25) is 9.69 Å². The summed E-state index contributed by atoms with van der Waals surface area (Å²) in [7, 11) is 3.29. The summed E-state index contributed by atoms with van der Waals surface area (Å²) < 4.78 is 10.9. The molecule has 0 bridgehead atoms. The van der Waals surface area contributed by atoms with Crippen molar-refractivity contribution in [3.05, 3.63) is 95.6 Å². The van der Waals surface area contributed by atoms with Crippen molar-refractivity contribution in [3.63, 3.8) is 0 Å². The van der Waals surface area contributed by atoms with E-state index in [2.05, 4.69) is 76.4 Å². The van der Waals surface area contributed by atoms with Gasteiger partial charge in [0.15, 0.2) is 0 Å². The normalized spacial score (nSPS) is 20.5. The Hall–Kier alpha value is -3.39. The topological polar surface area (TPSA) is 66.1 Å². The molecule has 0 saturated carbocycles. The Kier molecular flexibility index (Phi) is 7.51. The number of amides is 1. The zero-order valence-corrected chi connectivity index (χ0v) is 20.9. The molecule has 0 spiro atoms. The Morgan fingerprint density at radius 3 is 2.06 bits per heavy atom. The predicted molar refractivity (Wildman–Crippen MR) is 140 cm³/mol. The van der Waals surface area contributed by atoms with E-state index in [9.17, 15) is 4.79 Å². The first-order valence-corrected chi connectivity index (χ1v) is 12.5. The zero-order chi connectivity index (χ0) is 24.9. The number of carbonyl (C=O) groups is 1. The summed E-state index contributed by atoms with van der Waals surface area (Å²) in [5.74, 6) is 1.65. The maximum absolute atomic E-state index is 13.4. The van der Waals surface area contributed by atoms with E-state index < -0.39 is 0 Å². The van der Waals surface area contributed by atoms with E-state index in [4.69, 9.17) is 9.47 Å². The van der Waals surface area contributed by atoms with Crippen LogP contribution < -0.4 is 20.3 Å². The van der Waals surface area contributed by atoms with Crippen molar-refractivity contribution in [1.82, 2.24) is 20.7 Å². The van der Waals surface area contributed by atoms with Crippen LogP contribution in [0.15, 0.2) is 78.9 Å². The standard InChI is InChI=1S/C29H34N4O3/c1-35-23-13-14-24(27(19-23)36-2)25-20-26(31-30-25)29(34)33-17-15-32(16-18-33)28(21-9-5-3-6-10-21)22-11-7-4-8-12-22/h3-14,19,25-26,28,30-31H,15-18,20H2,1-2H3. The molecule has 2 atom stereocenters. The van der Waals surface area contributed by atoms with E-state index in [0.29, 0.717) is 19.5 Å². The van der Waals surface area contributed by atoms with Crippen molar-refractivity contribution in [2.24, 2.45) is 0 Å². The molecule has 36 heavy (non-hydrogen) atoms. The van der Waals surface area contributed by atoms with Crippen LogP contribution in [0.4, 0.5) is 0 Å². The fraction of sp³-hybridized carbons (Fsp3) is 0.345. The highest BCUT2D eigenvalue weighted by Gasteiger charge is 2.36. The van der Waals surface area contributed by atoms with E-state index >= 15 is 0 Å². The third kappa shape index (κ3) is 5.09. The highest BCUT2D eigenvalue weighted by atomic mass is 16.5. The molecule has 2 heterocycles. The van der Waals surface area contributed by atoms with Gasteiger partial charge < -0.3 is 14.4 Å². The Balaban J connectivity index is 1.23. The van der Waals surface area contributed by atoms with Gasteiger partial charge in [-0.15, -0.1) is 0 Å². The van der Waals surface area contributed by atoms with Crippen LogP contribution in [0.2, 0.25) is 0 Å². The van der Waals surface area contributed by atoms with Gasteiger partial charge >= 0.3 is 0 Å². The summed E-state index contributed by atoms with van der Waals surface area (Å²) in [6, 6.07) is 26.9. The van der Waals surface area contributed by atoms with Crippen LogP contribution in [0.1, 0.15) is 35.2 Å². The summed E-state index contributed by atoms with van der Waals surface area (Å²) in [5, 5.41) is 0. The first-order chi connectivity index (χ1) is 17.7. The second kappa shape index (κ2) is 11.1. The number of nitrogens with one attached hydrogen (secondary N) is 2. The highest BCUT2D eigenvalue weighted by molar-refractivity contribution is 5.82. The first kappa shape index (κ1) is 24.3. The maximum Gasteiger partial charge on any atom is 0.241 e. The number of benzene rings is 3. The molecule has 0 aliphatic carbocycles. The molecule has 2 N–H and O–H groups in total. The lowest BCUT2D eigenvalue weighted by atomic mass is 9.96. The van der Waals surface area contributed by atoms with E-state index in [1.54, 1.807) is 14.2 Å². The number of rotatable bonds is 7. The number of hydrogen-bond donors (Lipinski definition) is 2. The van der Waals surface area contributed by atoms with Gasteiger partial charge in [0.1, 0.15) is 17.5 Å². The molecule has 3 aromatic rings. The van der Waals surface area contributed by atoms with Gasteiger partial charge in [0.05, 0.1) is 26.3 Å². The van der Waals surface area contributed by atoms with Gasteiger partial charge in [-0.05, 0) is 23.6 Å². The van der Waals surface area contributed by atoms with Gasteiger partial charge in [-0.2, -0.15) is 0 Å². The molecule has 5 rings (SSSR count).